The van der Waals surface area contributed by atoms with Crippen LogP contribution >= 0.6 is 31.9 Å². The van der Waals surface area contributed by atoms with Crippen LogP contribution in [0, 0.1) is 0 Å². The maximum atomic E-state index is 12.0. The van der Waals surface area contributed by atoms with Gasteiger partial charge in [0.1, 0.15) is 0 Å². The summed E-state index contributed by atoms with van der Waals surface area (Å²) in [5.41, 5.74) is 0. The van der Waals surface area contributed by atoms with Gasteiger partial charge in [-0.3, -0.25) is 0 Å². The van der Waals surface area contributed by atoms with Crippen LogP contribution in [-0.2, 0) is 14.8 Å². The number of methoxy groups -OCH3 is 1. The predicted molar refractivity (Wildman–Crippen MR) is 78.5 cm³/mol. The van der Waals surface area contributed by atoms with Gasteiger partial charge in [-0.05, 0) is 34.5 Å². The standard InChI is InChI=1S/C11H15Br2NO3S/c1-17-8-9(12)6-7-14-18(15,16)11-5-3-2-4-10(11)13/h2-5,9,14H,6-8H2,1H3. The van der Waals surface area contributed by atoms with Crippen LogP contribution in [0.5, 0.6) is 0 Å². The largest absolute Gasteiger partial charge is 0.384 e. The summed E-state index contributed by atoms with van der Waals surface area (Å²) in [6.07, 6.45) is 0.664. The van der Waals surface area contributed by atoms with Crippen LogP contribution in [0.1, 0.15) is 6.42 Å². The van der Waals surface area contributed by atoms with Crippen LogP contribution in [0.25, 0.3) is 0 Å². The Bertz CT molecular complexity index is 479. The minimum Gasteiger partial charge on any atom is -0.384 e. The Morgan fingerprint density at radius 2 is 2.06 bits per heavy atom. The summed E-state index contributed by atoms with van der Waals surface area (Å²) in [5.74, 6) is 0. The minimum atomic E-state index is -3.46. The molecule has 18 heavy (non-hydrogen) atoms. The summed E-state index contributed by atoms with van der Waals surface area (Å²) in [5, 5.41) is 0. The molecule has 1 aromatic rings. The van der Waals surface area contributed by atoms with Gasteiger partial charge >= 0.3 is 0 Å². The zero-order valence-electron chi connectivity index (χ0n) is 9.90. The summed E-state index contributed by atoms with van der Waals surface area (Å²) in [6.45, 7) is 0.916. The zero-order valence-corrected chi connectivity index (χ0v) is 13.9. The number of rotatable bonds is 7. The molecule has 0 aromatic heterocycles. The van der Waals surface area contributed by atoms with Crippen molar-refractivity contribution < 1.29 is 13.2 Å². The van der Waals surface area contributed by atoms with Crippen LogP contribution in [0.4, 0.5) is 0 Å². The number of ether oxygens (including phenoxy) is 1. The molecular formula is C11H15Br2NO3S. The molecule has 0 spiro atoms. The van der Waals surface area contributed by atoms with Crippen molar-refractivity contribution in [2.45, 2.75) is 16.1 Å². The number of benzene rings is 1. The molecule has 1 atom stereocenters. The molecule has 0 aliphatic carbocycles. The third kappa shape index (κ3) is 4.97. The fraction of sp³-hybridized carbons (Fsp3) is 0.455. The third-order valence-electron chi connectivity index (χ3n) is 2.22. The van der Waals surface area contributed by atoms with Crippen LogP contribution in [0.15, 0.2) is 33.6 Å². The van der Waals surface area contributed by atoms with Gasteiger partial charge in [0.25, 0.3) is 0 Å². The van der Waals surface area contributed by atoms with E-state index in [4.69, 9.17) is 4.74 Å². The van der Waals surface area contributed by atoms with Crippen molar-refractivity contribution in [2.75, 3.05) is 20.3 Å². The molecule has 0 saturated heterocycles. The number of nitrogens with one attached hydrogen (secondary N) is 1. The van der Waals surface area contributed by atoms with Gasteiger partial charge in [0.15, 0.2) is 0 Å². The smallest absolute Gasteiger partial charge is 0.241 e. The van der Waals surface area contributed by atoms with E-state index in [1.807, 2.05) is 0 Å². The minimum absolute atomic E-state index is 0.143. The zero-order chi connectivity index (χ0) is 13.6. The lowest BCUT2D eigenvalue weighted by Crippen LogP contribution is -2.27. The summed E-state index contributed by atoms with van der Waals surface area (Å²) in [7, 11) is -1.85. The number of hydrogen-bond donors (Lipinski definition) is 1. The van der Waals surface area contributed by atoms with E-state index in [2.05, 4.69) is 36.6 Å². The Balaban J connectivity index is 2.59. The Labute approximate surface area is 124 Å². The van der Waals surface area contributed by atoms with E-state index < -0.39 is 10.0 Å². The highest BCUT2D eigenvalue weighted by Gasteiger charge is 2.16. The van der Waals surface area contributed by atoms with E-state index in [9.17, 15) is 8.42 Å². The molecule has 102 valence electrons. The van der Waals surface area contributed by atoms with Crippen LogP contribution in [0.3, 0.4) is 0 Å². The van der Waals surface area contributed by atoms with Crippen molar-refractivity contribution in [3.05, 3.63) is 28.7 Å². The first-order valence-corrected chi connectivity index (χ1v) is 8.53. The molecule has 0 heterocycles. The Morgan fingerprint density at radius 3 is 2.67 bits per heavy atom. The number of sulfonamides is 1. The predicted octanol–water partition coefficient (Wildman–Crippen LogP) is 2.53. The van der Waals surface area contributed by atoms with E-state index in [1.54, 1.807) is 31.4 Å². The van der Waals surface area contributed by atoms with E-state index in [1.165, 1.54) is 0 Å². The number of hydrogen-bond acceptors (Lipinski definition) is 3. The van der Waals surface area contributed by atoms with Crippen molar-refractivity contribution in [3.8, 4) is 0 Å². The second-order valence-corrected chi connectivity index (χ2v) is 7.55. The first kappa shape index (κ1) is 16.1. The lowest BCUT2D eigenvalue weighted by molar-refractivity contribution is 0.199. The fourth-order valence-corrected chi connectivity index (χ4v) is 3.90. The van der Waals surface area contributed by atoms with E-state index >= 15 is 0 Å². The third-order valence-corrected chi connectivity index (χ3v) is 5.42. The average Bonchev–Trinajstić information content (AvgIpc) is 2.29. The highest BCUT2D eigenvalue weighted by molar-refractivity contribution is 9.10. The van der Waals surface area contributed by atoms with Gasteiger partial charge in [-0.2, -0.15) is 0 Å². The molecule has 4 nitrogen and oxygen atoms in total. The van der Waals surface area contributed by atoms with Gasteiger partial charge in [0.2, 0.25) is 10.0 Å². The summed E-state index contributed by atoms with van der Waals surface area (Å²) in [4.78, 5) is 0.396. The van der Waals surface area contributed by atoms with Crippen molar-refractivity contribution in [2.24, 2.45) is 0 Å². The lowest BCUT2D eigenvalue weighted by atomic mass is 10.3. The SMILES string of the molecule is COCC(Br)CCNS(=O)(=O)c1ccccc1Br. The normalized spacial score (nSPS) is 13.5. The van der Waals surface area contributed by atoms with Crippen LogP contribution < -0.4 is 4.72 Å². The molecule has 1 rings (SSSR count). The number of halogens is 2. The fourth-order valence-electron chi connectivity index (χ4n) is 1.35. The van der Waals surface area contributed by atoms with Crippen molar-refractivity contribution in [1.82, 2.24) is 4.72 Å². The van der Waals surface area contributed by atoms with Crippen molar-refractivity contribution >= 4 is 41.9 Å². The highest BCUT2D eigenvalue weighted by atomic mass is 79.9. The van der Waals surface area contributed by atoms with Gasteiger partial charge in [-0.15, -0.1) is 0 Å². The Morgan fingerprint density at radius 1 is 1.39 bits per heavy atom. The maximum absolute atomic E-state index is 12.0. The second kappa shape index (κ2) is 7.59. The molecule has 0 saturated carbocycles. The number of alkyl halides is 1. The molecule has 1 N–H and O–H groups in total. The summed E-state index contributed by atoms with van der Waals surface area (Å²) >= 11 is 6.64. The Hall–Kier alpha value is 0.0500. The van der Waals surface area contributed by atoms with E-state index in [-0.39, 0.29) is 9.72 Å². The molecule has 0 fully saturated rings. The molecule has 0 amide bonds. The van der Waals surface area contributed by atoms with Crippen LogP contribution in [0.2, 0.25) is 0 Å². The van der Waals surface area contributed by atoms with Gasteiger partial charge in [-0.25, -0.2) is 13.1 Å². The molecule has 0 aliphatic heterocycles. The quantitative estimate of drug-likeness (QED) is 0.715. The van der Waals surface area contributed by atoms with Crippen molar-refractivity contribution in [1.29, 1.82) is 0 Å². The van der Waals surface area contributed by atoms with Gasteiger partial charge in [0, 0.05) is 23.0 Å². The van der Waals surface area contributed by atoms with Gasteiger partial charge in [0.05, 0.1) is 11.5 Å². The van der Waals surface area contributed by atoms with Crippen molar-refractivity contribution in [3.63, 3.8) is 0 Å². The monoisotopic (exact) mass is 399 g/mol. The average molecular weight is 401 g/mol. The van der Waals surface area contributed by atoms with Gasteiger partial charge in [-0.1, -0.05) is 28.1 Å². The van der Waals surface area contributed by atoms with Crippen LogP contribution in [-0.4, -0.2) is 33.5 Å². The van der Waals surface area contributed by atoms with Gasteiger partial charge < -0.3 is 4.74 Å². The molecule has 7 heteroatoms. The molecule has 0 aliphatic rings. The Kier molecular flexibility index (Phi) is 6.79. The molecule has 1 aromatic carbocycles. The summed E-state index contributed by atoms with van der Waals surface area (Å²) < 4.78 is 32.1. The first-order chi connectivity index (χ1) is 8.47. The highest BCUT2D eigenvalue weighted by Crippen LogP contribution is 2.20. The first-order valence-electron chi connectivity index (χ1n) is 5.34. The summed E-state index contributed by atoms with van der Waals surface area (Å²) in [6, 6.07) is 6.73. The molecular weight excluding hydrogens is 386 g/mol. The second-order valence-electron chi connectivity index (χ2n) is 3.67. The molecule has 0 radical (unpaired) electrons. The topological polar surface area (TPSA) is 55.4 Å². The lowest BCUT2D eigenvalue weighted by Gasteiger charge is -2.11. The molecule has 1 unspecified atom stereocenters. The van der Waals surface area contributed by atoms with E-state index in [0.29, 0.717) is 24.0 Å². The van der Waals surface area contributed by atoms with E-state index in [0.717, 1.165) is 0 Å². The maximum Gasteiger partial charge on any atom is 0.241 e. The molecule has 0 bridgehead atoms.